The van der Waals surface area contributed by atoms with Crippen LogP contribution in [0.1, 0.15) is 0 Å². The number of hydrogen-bond donors (Lipinski definition) is 0. The highest BCUT2D eigenvalue weighted by atomic mass is 15.1. The topological polar surface area (TPSA) is 84.2 Å². The average Bonchev–Trinajstić information content (AvgIpc) is 1.55. The van der Waals surface area contributed by atoms with E-state index in [-0.39, 0.29) is 0 Å². The molecule has 0 saturated heterocycles. The van der Waals surface area contributed by atoms with Gasteiger partial charge in [-0.2, -0.15) is 0 Å². The van der Waals surface area contributed by atoms with Gasteiger partial charge in [0.15, 0.2) is 23.3 Å². The first-order valence-corrected chi connectivity index (χ1v) is 40.0. The summed E-state index contributed by atoms with van der Waals surface area (Å²) >= 11 is 0. The molecular weight excluding hydrogens is 1440 g/mol. The molecule has 9 nitrogen and oxygen atoms in total. The molecule has 0 unspecified atom stereocenters. The fourth-order valence-corrected chi connectivity index (χ4v) is 18.0. The van der Waals surface area contributed by atoms with Crippen LogP contribution in [0.5, 0.6) is 0 Å². The summed E-state index contributed by atoms with van der Waals surface area (Å²) in [6, 6.07) is 149. The minimum Gasteiger partial charge on any atom is -0.309 e. The summed E-state index contributed by atoms with van der Waals surface area (Å²) < 4.78 is 9.73. The van der Waals surface area contributed by atoms with E-state index in [1.165, 1.54) is 92.1 Å². The normalized spacial score (nSPS) is 11.7. The maximum absolute atomic E-state index is 5.26. The molecule has 6 aromatic heterocycles. The third kappa shape index (κ3) is 11.5. The van der Waals surface area contributed by atoms with Crippen molar-refractivity contribution in [1.29, 1.82) is 0 Å². The molecule has 0 radical (unpaired) electrons. The molecule has 0 amide bonds. The third-order valence-corrected chi connectivity index (χ3v) is 23.4. The van der Waals surface area contributed by atoms with Crippen LogP contribution in [-0.4, -0.2) is 43.2 Å². The highest BCUT2D eigenvalue weighted by molar-refractivity contribution is 6.28. The van der Waals surface area contributed by atoms with Crippen LogP contribution in [-0.2, 0) is 0 Å². The zero-order chi connectivity index (χ0) is 77.7. The Morgan fingerprint density at radius 1 is 0.153 bits per heavy atom. The lowest BCUT2D eigenvalue weighted by Crippen LogP contribution is -2.01. The molecule has 18 aromatic carbocycles. The molecule has 0 spiro atoms. The largest absolute Gasteiger partial charge is 0.309 e. The first-order valence-electron chi connectivity index (χ1n) is 40.0. The van der Waals surface area contributed by atoms with E-state index in [4.69, 9.17) is 24.9 Å². The van der Waals surface area contributed by atoms with E-state index in [2.05, 4.69) is 407 Å². The van der Waals surface area contributed by atoms with Crippen LogP contribution in [0.15, 0.2) is 419 Å². The Morgan fingerprint density at radius 3 is 1.01 bits per heavy atom. The smallest absolute Gasteiger partial charge is 0.164 e. The minimum absolute atomic E-state index is 0.616. The van der Waals surface area contributed by atoms with Crippen LogP contribution in [0.4, 0.5) is 0 Å². The maximum Gasteiger partial charge on any atom is 0.164 e. The molecule has 0 fully saturated rings. The molecule has 0 atom stereocenters. The standard InChI is InChI=1S/C55H35N5.C54H34N4/c1-3-15-36(16-4-1)39-21-13-22-41(33-39)54-56-53(38-18-5-2-6-19-38)57-55(58-54)42-23-14-24-43(35-42)59-49-28-12-10-26-47(49)51-50(59)32-31-46-45-25-9-11-27-48(45)60(52(46)51)44-30-29-37-17-7-8-20-40(37)34-44;1-2-15-37(16-3-1)47-34-48(56-54(55-47)41-26-25-35-13-4-6-17-38(35)31-41)40-19-12-20-42(33-40)57-50-24-11-9-22-46(50)52-51(57)30-29-45-44-21-8-10-23-49(44)58(53(45)52)43-28-27-36-14-5-7-18-39(36)32-43/h1-35H;1-34H. The number of benzene rings is 18. The van der Waals surface area contributed by atoms with Gasteiger partial charge in [-0.25, -0.2) is 24.9 Å². The van der Waals surface area contributed by atoms with Crippen LogP contribution in [0.2, 0.25) is 0 Å². The minimum atomic E-state index is 0.616. The molecule has 24 aromatic rings. The number of rotatable bonds is 11. The molecule has 6 heterocycles. The molecule has 0 aliphatic heterocycles. The van der Waals surface area contributed by atoms with E-state index in [9.17, 15) is 0 Å². The molecule has 0 saturated carbocycles. The second kappa shape index (κ2) is 28.0. The first-order chi connectivity index (χ1) is 58.5. The van der Waals surface area contributed by atoms with Gasteiger partial charge in [0.25, 0.3) is 0 Å². The fraction of sp³-hybridized carbons (Fsp3) is 0. The van der Waals surface area contributed by atoms with Crippen molar-refractivity contribution in [3.63, 3.8) is 0 Å². The van der Waals surface area contributed by atoms with Gasteiger partial charge in [-0.1, -0.05) is 315 Å². The number of hydrogen-bond acceptors (Lipinski definition) is 5. The molecule has 0 N–H and O–H groups in total. The molecule has 550 valence electrons. The summed E-state index contributed by atoms with van der Waals surface area (Å²) in [5, 5.41) is 17.1. The molecule has 0 aliphatic carbocycles. The Labute approximate surface area is 678 Å². The van der Waals surface area contributed by atoms with Gasteiger partial charge in [0.05, 0.1) is 55.5 Å². The van der Waals surface area contributed by atoms with Crippen LogP contribution in [0.3, 0.4) is 0 Å². The number of aromatic nitrogens is 9. The van der Waals surface area contributed by atoms with Crippen molar-refractivity contribution >= 4 is 120 Å². The molecule has 0 aliphatic rings. The molecule has 118 heavy (non-hydrogen) atoms. The Hall–Kier alpha value is -16.0. The highest BCUT2D eigenvalue weighted by Gasteiger charge is 2.25. The monoisotopic (exact) mass is 1500 g/mol. The lowest BCUT2D eigenvalue weighted by molar-refractivity contribution is 1.07. The Morgan fingerprint density at radius 2 is 0.492 bits per heavy atom. The van der Waals surface area contributed by atoms with Crippen LogP contribution < -0.4 is 0 Å². The predicted molar refractivity (Wildman–Crippen MR) is 490 cm³/mol. The quantitative estimate of drug-likeness (QED) is 0.129. The lowest BCUT2D eigenvalue weighted by Gasteiger charge is -2.13. The first kappa shape index (κ1) is 67.7. The number of nitrogens with zero attached hydrogens (tertiary/aromatic N) is 9. The second-order valence-electron chi connectivity index (χ2n) is 30.3. The molecule has 9 heteroatoms. The SMILES string of the molecule is c1ccc(-c2cc(-c3cccc(-n4c5ccccc5c5c4ccc4c6ccccc6n(-c6ccc7ccccc7c6)c45)c3)nc(-c3ccc4ccccc4c3)n2)cc1.c1ccc(-c2cccc(-c3nc(-c4ccccc4)nc(-c4cccc(-n5c6ccccc6c6c5ccc5c7ccccc7n(-c7ccc8ccccc8c7)c56)c4)n3)c2)cc1. The van der Waals surface area contributed by atoms with Crippen molar-refractivity contribution in [2.24, 2.45) is 0 Å². The zero-order valence-electron chi connectivity index (χ0n) is 63.9. The van der Waals surface area contributed by atoms with E-state index < -0.39 is 0 Å². The second-order valence-corrected chi connectivity index (χ2v) is 30.3. The van der Waals surface area contributed by atoms with E-state index in [0.29, 0.717) is 23.3 Å². The Kier molecular flexibility index (Phi) is 16.1. The van der Waals surface area contributed by atoms with Gasteiger partial charge < -0.3 is 18.3 Å². The van der Waals surface area contributed by atoms with E-state index >= 15 is 0 Å². The van der Waals surface area contributed by atoms with E-state index in [1.807, 2.05) is 30.3 Å². The van der Waals surface area contributed by atoms with Crippen LogP contribution in [0, 0.1) is 0 Å². The lowest BCUT2D eigenvalue weighted by atomic mass is 10.0. The van der Waals surface area contributed by atoms with E-state index in [1.54, 1.807) is 0 Å². The summed E-state index contributed by atoms with van der Waals surface area (Å²) in [5.41, 5.74) is 23.6. The van der Waals surface area contributed by atoms with Crippen molar-refractivity contribution in [1.82, 2.24) is 43.2 Å². The van der Waals surface area contributed by atoms with Crippen molar-refractivity contribution in [2.45, 2.75) is 0 Å². The highest BCUT2D eigenvalue weighted by Crippen LogP contribution is 2.46. The summed E-state index contributed by atoms with van der Waals surface area (Å²) in [7, 11) is 0. The molecule has 24 rings (SSSR count). The van der Waals surface area contributed by atoms with Gasteiger partial charge in [-0.05, 0) is 147 Å². The van der Waals surface area contributed by atoms with Crippen molar-refractivity contribution < 1.29 is 0 Å². The summed E-state index contributed by atoms with van der Waals surface area (Å²) in [6.45, 7) is 0. The summed E-state index contributed by atoms with van der Waals surface area (Å²) in [6.07, 6.45) is 0. The number of fused-ring (bicyclic) bond motifs is 17. The maximum atomic E-state index is 5.26. The van der Waals surface area contributed by atoms with E-state index in [0.717, 1.165) is 106 Å². The average molecular weight is 1500 g/mol. The van der Waals surface area contributed by atoms with Crippen molar-refractivity contribution in [3.05, 3.63) is 419 Å². The third-order valence-electron chi connectivity index (χ3n) is 23.4. The van der Waals surface area contributed by atoms with Gasteiger partial charge >= 0.3 is 0 Å². The molecule has 0 bridgehead atoms. The van der Waals surface area contributed by atoms with Gasteiger partial charge in [0.2, 0.25) is 0 Å². The predicted octanol–water partition coefficient (Wildman–Crippen LogP) is 27.9. The van der Waals surface area contributed by atoms with Crippen LogP contribution >= 0.6 is 0 Å². The summed E-state index contributed by atoms with van der Waals surface area (Å²) in [5.74, 6) is 2.58. The van der Waals surface area contributed by atoms with Crippen LogP contribution in [0.25, 0.3) is 221 Å². The van der Waals surface area contributed by atoms with Crippen molar-refractivity contribution in [3.8, 4) is 102 Å². The van der Waals surface area contributed by atoms with Gasteiger partial charge in [0, 0.05) is 99.2 Å². The fourth-order valence-electron chi connectivity index (χ4n) is 18.0. The Bertz CT molecular complexity index is 8130. The Balaban J connectivity index is 0.000000138. The van der Waals surface area contributed by atoms with Gasteiger partial charge in [-0.15, -0.1) is 0 Å². The van der Waals surface area contributed by atoms with Gasteiger partial charge in [0.1, 0.15) is 0 Å². The zero-order valence-corrected chi connectivity index (χ0v) is 63.9. The van der Waals surface area contributed by atoms with Crippen molar-refractivity contribution in [2.75, 3.05) is 0 Å². The number of para-hydroxylation sites is 4. The van der Waals surface area contributed by atoms with Gasteiger partial charge in [-0.3, -0.25) is 0 Å². The summed E-state index contributed by atoms with van der Waals surface area (Å²) in [4.78, 5) is 25.8. The molecular formula is C109H69N9.